The third kappa shape index (κ3) is 5.98. The van der Waals surface area contributed by atoms with Crippen LogP contribution in [-0.2, 0) is 6.61 Å². The molecule has 36 heavy (non-hydrogen) atoms. The average molecular weight is 525 g/mol. The van der Waals surface area contributed by atoms with Crippen molar-refractivity contribution in [2.75, 3.05) is 13.7 Å². The Morgan fingerprint density at radius 2 is 1.86 bits per heavy atom. The molecule has 0 saturated carbocycles. The Hall–Kier alpha value is -3.56. The number of aryl methyl sites for hydroxylation is 2. The number of nitrogens with zero attached hydrogens (tertiary/aromatic N) is 4. The van der Waals surface area contributed by atoms with Crippen molar-refractivity contribution in [3.8, 4) is 17.2 Å². The fourth-order valence-corrected chi connectivity index (χ4v) is 5.09. The third-order valence-electron chi connectivity index (χ3n) is 5.52. The van der Waals surface area contributed by atoms with Crippen LogP contribution in [0.1, 0.15) is 27.8 Å². The molecule has 1 heterocycles. The van der Waals surface area contributed by atoms with Gasteiger partial charge in [-0.25, -0.2) is 0 Å². The average Bonchev–Trinajstić information content (AvgIpc) is 3.22. The van der Waals surface area contributed by atoms with Gasteiger partial charge in [0.15, 0.2) is 16.7 Å². The highest BCUT2D eigenvalue weighted by molar-refractivity contribution is 7.99. The first kappa shape index (κ1) is 25.5. The van der Waals surface area contributed by atoms with Crippen LogP contribution in [0, 0.1) is 24.0 Å². The molecular formula is C26H25ClN4O4S. The van der Waals surface area contributed by atoms with Crippen LogP contribution in [0.15, 0.2) is 71.9 Å². The molecule has 0 aliphatic carbocycles. The van der Waals surface area contributed by atoms with Gasteiger partial charge in [0, 0.05) is 21.2 Å². The van der Waals surface area contributed by atoms with Crippen LogP contribution in [0.5, 0.6) is 11.5 Å². The van der Waals surface area contributed by atoms with Gasteiger partial charge < -0.3 is 9.47 Å². The monoisotopic (exact) mass is 524 g/mol. The number of benzene rings is 3. The molecule has 0 aliphatic heterocycles. The van der Waals surface area contributed by atoms with Gasteiger partial charge in [-0.1, -0.05) is 59.8 Å². The zero-order chi connectivity index (χ0) is 25.7. The van der Waals surface area contributed by atoms with Crippen molar-refractivity contribution in [1.82, 2.24) is 14.8 Å². The van der Waals surface area contributed by atoms with Gasteiger partial charge >= 0.3 is 0 Å². The first-order valence-electron chi connectivity index (χ1n) is 11.2. The summed E-state index contributed by atoms with van der Waals surface area (Å²) in [6, 6.07) is 20.7. The van der Waals surface area contributed by atoms with E-state index in [9.17, 15) is 10.1 Å². The zero-order valence-corrected chi connectivity index (χ0v) is 21.6. The standard InChI is InChI=1S/C26H25ClN4O4S/c1-17-7-6-9-21(13-17)31-18(2)28-29-26(31)36-25(15-30(32)33)19-11-12-23(24(14-19)34-3)35-16-20-8-4-5-10-22(20)27/h4-14,25H,15-16H2,1-3H3/t25-/m1/s1. The lowest BCUT2D eigenvalue weighted by Crippen LogP contribution is -2.11. The van der Waals surface area contributed by atoms with E-state index in [4.69, 9.17) is 21.1 Å². The Morgan fingerprint density at radius 1 is 1.06 bits per heavy atom. The summed E-state index contributed by atoms with van der Waals surface area (Å²) in [5, 5.41) is 20.8. The molecule has 1 aromatic heterocycles. The van der Waals surface area contributed by atoms with Gasteiger partial charge in [-0.2, -0.15) is 0 Å². The fraction of sp³-hybridized carbons (Fsp3) is 0.231. The van der Waals surface area contributed by atoms with E-state index in [2.05, 4.69) is 10.2 Å². The van der Waals surface area contributed by atoms with Gasteiger partial charge in [0.05, 0.1) is 7.11 Å². The molecule has 0 radical (unpaired) electrons. The topological polar surface area (TPSA) is 92.3 Å². The fourth-order valence-electron chi connectivity index (χ4n) is 3.73. The maximum atomic E-state index is 11.6. The number of nitro groups is 1. The molecule has 4 rings (SSSR count). The van der Waals surface area contributed by atoms with Crippen LogP contribution >= 0.6 is 23.4 Å². The van der Waals surface area contributed by atoms with Gasteiger partial charge in [-0.15, -0.1) is 10.2 Å². The number of hydrogen-bond acceptors (Lipinski definition) is 7. The van der Waals surface area contributed by atoms with Crippen molar-refractivity contribution in [3.05, 3.63) is 104 Å². The number of halogens is 1. The summed E-state index contributed by atoms with van der Waals surface area (Å²) in [5.41, 5.74) is 3.56. The second-order valence-electron chi connectivity index (χ2n) is 8.12. The molecule has 0 unspecified atom stereocenters. The van der Waals surface area contributed by atoms with E-state index in [-0.39, 0.29) is 18.1 Å². The van der Waals surface area contributed by atoms with Crippen molar-refractivity contribution in [2.45, 2.75) is 30.9 Å². The van der Waals surface area contributed by atoms with E-state index in [0.717, 1.165) is 22.4 Å². The molecule has 0 fully saturated rings. The molecule has 0 aliphatic rings. The summed E-state index contributed by atoms with van der Waals surface area (Å²) in [4.78, 5) is 11.2. The molecule has 0 bridgehead atoms. The third-order valence-corrected chi connectivity index (χ3v) is 7.07. The largest absolute Gasteiger partial charge is 0.493 e. The van der Waals surface area contributed by atoms with Crippen LogP contribution in [0.3, 0.4) is 0 Å². The van der Waals surface area contributed by atoms with Crippen LogP contribution in [0.4, 0.5) is 0 Å². The van der Waals surface area contributed by atoms with Crippen LogP contribution in [0.2, 0.25) is 5.02 Å². The highest BCUT2D eigenvalue weighted by atomic mass is 35.5. The number of ether oxygens (including phenoxy) is 2. The molecule has 10 heteroatoms. The molecule has 0 spiro atoms. The number of rotatable bonds is 10. The lowest BCUT2D eigenvalue weighted by molar-refractivity contribution is -0.479. The predicted molar refractivity (Wildman–Crippen MR) is 140 cm³/mol. The van der Waals surface area contributed by atoms with E-state index in [1.54, 1.807) is 18.2 Å². The van der Waals surface area contributed by atoms with Crippen molar-refractivity contribution < 1.29 is 14.4 Å². The van der Waals surface area contributed by atoms with E-state index < -0.39 is 5.25 Å². The number of thioether (sulfide) groups is 1. The molecule has 8 nitrogen and oxygen atoms in total. The quantitative estimate of drug-likeness (QED) is 0.138. The van der Waals surface area contributed by atoms with Crippen LogP contribution in [0.25, 0.3) is 5.69 Å². The summed E-state index contributed by atoms with van der Waals surface area (Å²) in [5.74, 6) is 1.69. The lowest BCUT2D eigenvalue weighted by Gasteiger charge is -2.17. The van der Waals surface area contributed by atoms with Crippen molar-refractivity contribution in [2.24, 2.45) is 0 Å². The SMILES string of the molecule is COc1cc([C@@H](C[N+](=O)[O-])Sc2nnc(C)n2-c2cccc(C)c2)ccc1OCc1ccccc1Cl. The maximum Gasteiger partial charge on any atom is 0.220 e. The highest BCUT2D eigenvalue weighted by Crippen LogP contribution is 2.39. The minimum atomic E-state index is -0.529. The zero-order valence-electron chi connectivity index (χ0n) is 20.1. The Bertz CT molecular complexity index is 1380. The molecule has 4 aromatic rings. The molecule has 186 valence electrons. The summed E-state index contributed by atoms with van der Waals surface area (Å²) in [7, 11) is 1.54. The second kappa shape index (κ2) is 11.5. The van der Waals surface area contributed by atoms with E-state index in [1.165, 1.54) is 18.9 Å². The normalized spacial score (nSPS) is 11.8. The highest BCUT2D eigenvalue weighted by Gasteiger charge is 2.25. The molecule has 0 amide bonds. The molecule has 3 aromatic carbocycles. The summed E-state index contributed by atoms with van der Waals surface area (Å²) >= 11 is 7.52. The number of methoxy groups -OCH3 is 1. The number of hydrogen-bond donors (Lipinski definition) is 0. The van der Waals surface area contributed by atoms with Crippen molar-refractivity contribution in [3.63, 3.8) is 0 Å². The Morgan fingerprint density at radius 3 is 2.58 bits per heavy atom. The van der Waals surface area contributed by atoms with Gasteiger partial charge in [0.1, 0.15) is 17.7 Å². The van der Waals surface area contributed by atoms with Gasteiger partial charge in [-0.3, -0.25) is 14.7 Å². The van der Waals surface area contributed by atoms with Crippen molar-refractivity contribution in [1.29, 1.82) is 0 Å². The predicted octanol–water partition coefficient (Wildman–Crippen LogP) is 6.24. The van der Waals surface area contributed by atoms with Gasteiger partial charge in [-0.05, 0) is 55.3 Å². The Kier molecular flexibility index (Phi) is 8.12. The number of aromatic nitrogens is 3. The van der Waals surface area contributed by atoms with Crippen LogP contribution < -0.4 is 9.47 Å². The minimum Gasteiger partial charge on any atom is -0.493 e. The van der Waals surface area contributed by atoms with Gasteiger partial charge in [0.2, 0.25) is 6.54 Å². The van der Waals surface area contributed by atoms with E-state index >= 15 is 0 Å². The van der Waals surface area contributed by atoms with Gasteiger partial charge in [0.25, 0.3) is 0 Å². The summed E-state index contributed by atoms with van der Waals surface area (Å²) in [6.07, 6.45) is 0. The first-order chi connectivity index (χ1) is 17.4. The summed E-state index contributed by atoms with van der Waals surface area (Å²) < 4.78 is 13.4. The first-order valence-corrected chi connectivity index (χ1v) is 12.4. The molecular weight excluding hydrogens is 500 g/mol. The molecule has 1 atom stereocenters. The van der Waals surface area contributed by atoms with Crippen molar-refractivity contribution >= 4 is 23.4 Å². The van der Waals surface area contributed by atoms with E-state index in [0.29, 0.717) is 27.5 Å². The van der Waals surface area contributed by atoms with Crippen LogP contribution in [-0.4, -0.2) is 33.3 Å². The van der Waals surface area contributed by atoms with E-state index in [1.807, 2.05) is 66.9 Å². The molecule has 0 saturated heterocycles. The summed E-state index contributed by atoms with van der Waals surface area (Å²) in [6.45, 7) is 3.83. The maximum absolute atomic E-state index is 11.6. The Balaban J connectivity index is 1.62. The minimum absolute atomic E-state index is 0.265. The lowest BCUT2D eigenvalue weighted by atomic mass is 10.1. The molecule has 0 N–H and O–H groups in total. The Labute approximate surface area is 218 Å². The second-order valence-corrected chi connectivity index (χ2v) is 9.69. The smallest absolute Gasteiger partial charge is 0.220 e.